The van der Waals surface area contributed by atoms with Crippen LogP contribution in [-0.2, 0) is 14.3 Å². The normalized spacial score (nSPS) is 12.1. The maximum absolute atomic E-state index is 13.3. The first kappa shape index (κ1) is 14.5. The largest absolute Gasteiger partial charge is 0.469 e. The number of hydrogen-bond acceptors (Lipinski definition) is 3. The van der Waals surface area contributed by atoms with E-state index in [1.54, 1.807) is 0 Å². The lowest BCUT2D eigenvalue weighted by molar-refractivity contribution is -0.143. The molecule has 0 N–H and O–H groups in total. The van der Waals surface area contributed by atoms with Crippen LogP contribution in [-0.4, -0.2) is 18.9 Å². The lowest BCUT2D eigenvalue weighted by Crippen LogP contribution is -2.15. The van der Waals surface area contributed by atoms with Gasteiger partial charge in [-0.15, -0.1) is 11.6 Å². The van der Waals surface area contributed by atoms with Crippen molar-refractivity contribution in [2.24, 2.45) is 0 Å². The molecule has 18 heavy (non-hydrogen) atoms. The monoisotopic (exact) mass is 280 g/mol. The number of carbonyl (C=O) groups excluding carboxylic acids is 2. The van der Waals surface area contributed by atoms with Gasteiger partial charge in [0, 0.05) is 11.6 Å². The molecule has 98 valence electrons. The molecule has 0 aliphatic carbocycles. The Morgan fingerprint density at radius 2 is 1.78 bits per heavy atom. The van der Waals surface area contributed by atoms with Crippen molar-refractivity contribution in [1.29, 1.82) is 0 Å². The van der Waals surface area contributed by atoms with Gasteiger partial charge in [0.2, 0.25) is 0 Å². The third-order valence-electron chi connectivity index (χ3n) is 2.14. The summed E-state index contributed by atoms with van der Waals surface area (Å²) >= 11 is 5.60. The van der Waals surface area contributed by atoms with E-state index < -0.39 is 46.6 Å². The SMILES string of the molecule is COC(=O)CC(=O)C(Cl)c1cc(F)c(F)cc1F. The summed E-state index contributed by atoms with van der Waals surface area (Å²) in [4.78, 5) is 22.3. The minimum absolute atomic E-state index is 0.283. The fourth-order valence-corrected chi connectivity index (χ4v) is 1.45. The summed E-state index contributed by atoms with van der Waals surface area (Å²) in [6.45, 7) is 0. The van der Waals surface area contributed by atoms with Crippen molar-refractivity contribution in [3.05, 3.63) is 35.1 Å². The summed E-state index contributed by atoms with van der Waals surface area (Å²) < 4.78 is 43.1. The summed E-state index contributed by atoms with van der Waals surface area (Å²) in [5.41, 5.74) is -0.524. The third kappa shape index (κ3) is 3.22. The van der Waals surface area contributed by atoms with Crippen LogP contribution in [0.3, 0.4) is 0 Å². The van der Waals surface area contributed by atoms with Gasteiger partial charge in [0.15, 0.2) is 17.4 Å². The molecule has 0 saturated heterocycles. The molecule has 1 rings (SSSR count). The summed E-state index contributed by atoms with van der Waals surface area (Å²) in [5.74, 6) is -5.60. The van der Waals surface area contributed by atoms with Crippen LogP contribution >= 0.6 is 11.6 Å². The predicted octanol–water partition coefficient (Wildman–Crippen LogP) is 2.52. The molecule has 0 spiro atoms. The summed E-state index contributed by atoms with van der Waals surface area (Å²) in [6, 6.07) is 0.767. The van der Waals surface area contributed by atoms with E-state index >= 15 is 0 Å². The number of hydrogen-bond donors (Lipinski definition) is 0. The highest BCUT2D eigenvalue weighted by atomic mass is 35.5. The Balaban J connectivity index is 2.96. The number of benzene rings is 1. The third-order valence-corrected chi connectivity index (χ3v) is 2.62. The topological polar surface area (TPSA) is 43.4 Å². The van der Waals surface area contributed by atoms with Crippen LogP contribution in [0.15, 0.2) is 12.1 Å². The molecule has 1 aromatic carbocycles. The van der Waals surface area contributed by atoms with Gasteiger partial charge in [0.05, 0.1) is 7.11 Å². The number of ether oxygens (including phenoxy) is 1. The van der Waals surface area contributed by atoms with Gasteiger partial charge in [0.25, 0.3) is 0 Å². The van der Waals surface area contributed by atoms with Gasteiger partial charge in [-0.1, -0.05) is 0 Å². The lowest BCUT2D eigenvalue weighted by atomic mass is 10.1. The highest BCUT2D eigenvalue weighted by Crippen LogP contribution is 2.27. The number of ketones is 1. The second kappa shape index (κ2) is 5.86. The van der Waals surface area contributed by atoms with E-state index in [2.05, 4.69) is 4.74 Å². The van der Waals surface area contributed by atoms with Gasteiger partial charge in [-0.3, -0.25) is 9.59 Å². The second-order valence-electron chi connectivity index (χ2n) is 3.37. The van der Waals surface area contributed by atoms with E-state index in [0.29, 0.717) is 6.07 Å². The number of halogens is 4. The molecule has 1 unspecified atom stereocenters. The Labute approximate surface area is 105 Å². The molecule has 1 aromatic rings. The molecule has 7 heteroatoms. The van der Waals surface area contributed by atoms with Gasteiger partial charge in [0.1, 0.15) is 17.6 Å². The highest BCUT2D eigenvalue weighted by molar-refractivity contribution is 6.32. The van der Waals surface area contributed by atoms with Crippen LogP contribution in [0.5, 0.6) is 0 Å². The number of carbonyl (C=O) groups is 2. The van der Waals surface area contributed by atoms with E-state index in [-0.39, 0.29) is 6.07 Å². The van der Waals surface area contributed by atoms with Crippen molar-refractivity contribution in [3.63, 3.8) is 0 Å². The Hall–Kier alpha value is -1.56. The number of methoxy groups -OCH3 is 1. The fraction of sp³-hybridized carbons (Fsp3) is 0.273. The second-order valence-corrected chi connectivity index (χ2v) is 3.81. The molecule has 0 bridgehead atoms. The minimum Gasteiger partial charge on any atom is -0.469 e. The first-order valence-corrected chi connectivity index (χ1v) is 5.18. The summed E-state index contributed by atoms with van der Waals surface area (Å²) in [6.07, 6.45) is -0.677. The Bertz CT molecular complexity index is 491. The van der Waals surface area contributed by atoms with E-state index in [1.165, 1.54) is 0 Å². The smallest absolute Gasteiger partial charge is 0.313 e. The standard InChI is InChI=1S/C11H8ClF3O3/c1-18-10(17)4-9(16)11(12)5-2-7(14)8(15)3-6(5)13/h2-3,11H,4H2,1H3. The minimum atomic E-state index is -1.58. The van der Waals surface area contributed by atoms with Crippen LogP contribution in [0.1, 0.15) is 17.4 Å². The van der Waals surface area contributed by atoms with Gasteiger partial charge < -0.3 is 4.74 Å². The van der Waals surface area contributed by atoms with Crippen LogP contribution < -0.4 is 0 Å². The lowest BCUT2D eigenvalue weighted by Gasteiger charge is -2.09. The van der Waals surface area contributed by atoms with Crippen molar-refractivity contribution in [1.82, 2.24) is 0 Å². The van der Waals surface area contributed by atoms with Gasteiger partial charge >= 0.3 is 5.97 Å². The molecule has 3 nitrogen and oxygen atoms in total. The van der Waals surface area contributed by atoms with Crippen LogP contribution in [0.2, 0.25) is 0 Å². The molecule has 1 atom stereocenters. The molecule has 0 saturated carbocycles. The van der Waals surface area contributed by atoms with Crippen molar-refractivity contribution in [2.75, 3.05) is 7.11 Å². The Morgan fingerprint density at radius 1 is 1.22 bits per heavy atom. The first-order valence-electron chi connectivity index (χ1n) is 4.74. The Morgan fingerprint density at radius 3 is 2.33 bits per heavy atom. The van der Waals surface area contributed by atoms with Crippen molar-refractivity contribution < 1.29 is 27.5 Å². The molecule has 0 aliphatic heterocycles. The highest BCUT2D eigenvalue weighted by Gasteiger charge is 2.25. The number of rotatable bonds is 4. The molecule has 0 radical (unpaired) electrons. The molecular weight excluding hydrogens is 273 g/mol. The van der Waals surface area contributed by atoms with Gasteiger partial charge in [-0.2, -0.15) is 0 Å². The predicted molar refractivity (Wildman–Crippen MR) is 56.6 cm³/mol. The van der Waals surface area contributed by atoms with E-state index in [4.69, 9.17) is 11.6 Å². The van der Waals surface area contributed by atoms with Gasteiger partial charge in [-0.25, -0.2) is 13.2 Å². The van der Waals surface area contributed by atoms with Crippen LogP contribution in [0, 0.1) is 17.5 Å². The van der Waals surface area contributed by atoms with Crippen LogP contribution in [0.4, 0.5) is 13.2 Å². The van der Waals surface area contributed by atoms with Crippen molar-refractivity contribution >= 4 is 23.4 Å². The van der Waals surface area contributed by atoms with Crippen molar-refractivity contribution in [2.45, 2.75) is 11.8 Å². The zero-order chi connectivity index (χ0) is 13.9. The van der Waals surface area contributed by atoms with Crippen molar-refractivity contribution in [3.8, 4) is 0 Å². The zero-order valence-corrected chi connectivity index (χ0v) is 9.93. The van der Waals surface area contributed by atoms with Gasteiger partial charge in [-0.05, 0) is 6.07 Å². The molecule has 0 aliphatic rings. The average molecular weight is 281 g/mol. The number of Topliss-reactive ketones (excluding diaryl/α,β-unsaturated/α-hetero) is 1. The fourth-order valence-electron chi connectivity index (χ4n) is 1.21. The maximum atomic E-state index is 13.3. The average Bonchev–Trinajstić information content (AvgIpc) is 2.32. The van der Waals surface area contributed by atoms with E-state index in [0.717, 1.165) is 7.11 Å². The molecule has 0 aromatic heterocycles. The van der Waals surface area contributed by atoms with Crippen LogP contribution in [0.25, 0.3) is 0 Å². The quantitative estimate of drug-likeness (QED) is 0.368. The van der Waals surface area contributed by atoms with E-state index in [1.807, 2.05) is 0 Å². The molecule has 0 amide bonds. The maximum Gasteiger partial charge on any atom is 0.313 e. The molecular formula is C11H8ClF3O3. The summed E-state index contributed by atoms with van der Waals surface area (Å²) in [5, 5.41) is -1.58. The number of alkyl halides is 1. The van der Waals surface area contributed by atoms with E-state index in [9.17, 15) is 22.8 Å². The summed E-state index contributed by atoms with van der Waals surface area (Å²) in [7, 11) is 1.07. The Kier molecular flexibility index (Phi) is 4.72. The number of esters is 1. The molecule has 0 fully saturated rings. The molecule has 0 heterocycles. The zero-order valence-electron chi connectivity index (χ0n) is 9.18. The first-order chi connectivity index (χ1) is 8.36.